The molecule has 23 heavy (non-hydrogen) atoms. The highest BCUT2D eigenvalue weighted by Gasteiger charge is 2.14. The number of halogens is 2. The van der Waals surface area contributed by atoms with Gasteiger partial charge in [0.1, 0.15) is 5.82 Å². The number of nitrogens with two attached hydrogens (primary N) is 1. The third kappa shape index (κ3) is 3.10. The first-order valence-corrected chi connectivity index (χ1v) is 7.74. The molecule has 0 saturated heterocycles. The molecular formula is C18H19F2N3. The van der Waals surface area contributed by atoms with Crippen LogP contribution in [0.3, 0.4) is 0 Å². The van der Waals surface area contributed by atoms with Crippen molar-refractivity contribution in [1.29, 1.82) is 0 Å². The fourth-order valence-corrected chi connectivity index (χ4v) is 2.72. The van der Waals surface area contributed by atoms with Gasteiger partial charge in [-0.25, -0.2) is 13.8 Å². The summed E-state index contributed by atoms with van der Waals surface area (Å²) in [6.07, 6.45) is 1.68. The molecule has 0 radical (unpaired) electrons. The second-order valence-electron chi connectivity index (χ2n) is 5.64. The predicted molar refractivity (Wildman–Crippen MR) is 87.1 cm³/mol. The average Bonchev–Trinajstić information content (AvgIpc) is 2.86. The van der Waals surface area contributed by atoms with Gasteiger partial charge in [-0.05, 0) is 17.5 Å². The lowest BCUT2D eigenvalue weighted by Crippen LogP contribution is -2.06. The predicted octanol–water partition coefficient (Wildman–Crippen LogP) is 3.77. The molecule has 5 heteroatoms. The van der Waals surface area contributed by atoms with E-state index in [9.17, 15) is 8.78 Å². The van der Waals surface area contributed by atoms with Gasteiger partial charge in [0.25, 0.3) is 0 Å². The maximum absolute atomic E-state index is 13.6. The van der Waals surface area contributed by atoms with Crippen LogP contribution >= 0.6 is 0 Å². The van der Waals surface area contributed by atoms with Crippen molar-refractivity contribution in [2.24, 2.45) is 5.73 Å². The normalized spacial score (nSPS) is 11.3. The molecule has 2 aromatic carbocycles. The Morgan fingerprint density at radius 3 is 2.35 bits per heavy atom. The summed E-state index contributed by atoms with van der Waals surface area (Å²) >= 11 is 0. The molecule has 0 saturated carbocycles. The largest absolute Gasteiger partial charge is 0.326 e. The van der Waals surface area contributed by atoms with Crippen LogP contribution < -0.4 is 5.73 Å². The zero-order valence-electron chi connectivity index (χ0n) is 13.0. The van der Waals surface area contributed by atoms with Crippen molar-refractivity contribution in [3.8, 4) is 0 Å². The van der Waals surface area contributed by atoms with Crippen molar-refractivity contribution in [1.82, 2.24) is 9.55 Å². The first-order valence-electron chi connectivity index (χ1n) is 7.74. The van der Waals surface area contributed by atoms with Crippen molar-refractivity contribution >= 4 is 11.0 Å². The van der Waals surface area contributed by atoms with E-state index < -0.39 is 11.6 Å². The van der Waals surface area contributed by atoms with Gasteiger partial charge in [-0.3, -0.25) is 0 Å². The highest BCUT2D eigenvalue weighted by Crippen LogP contribution is 2.22. The Morgan fingerprint density at radius 1 is 1.04 bits per heavy atom. The number of hydrogen-bond donors (Lipinski definition) is 1. The van der Waals surface area contributed by atoms with Crippen LogP contribution in [0.4, 0.5) is 8.78 Å². The lowest BCUT2D eigenvalue weighted by molar-refractivity contribution is 0.510. The zero-order valence-corrected chi connectivity index (χ0v) is 13.0. The van der Waals surface area contributed by atoms with Gasteiger partial charge in [0.15, 0.2) is 11.6 Å². The Morgan fingerprint density at radius 2 is 1.70 bits per heavy atom. The molecule has 0 amide bonds. The quantitative estimate of drug-likeness (QED) is 0.779. The maximum atomic E-state index is 13.6. The molecule has 120 valence electrons. The summed E-state index contributed by atoms with van der Waals surface area (Å²) in [4.78, 5) is 4.47. The van der Waals surface area contributed by atoms with Gasteiger partial charge in [0.05, 0.1) is 11.0 Å². The smallest absolute Gasteiger partial charge is 0.161 e. The van der Waals surface area contributed by atoms with Gasteiger partial charge in [-0.15, -0.1) is 0 Å². The Balaban J connectivity index is 2.05. The molecule has 3 rings (SSSR count). The van der Waals surface area contributed by atoms with E-state index in [1.165, 1.54) is 6.07 Å². The molecule has 0 unspecified atom stereocenters. The Bertz CT molecular complexity index is 822. The van der Waals surface area contributed by atoms with Crippen LogP contribution in [0.1, 0.15) is 30.3 Å². The summed E-state index contributed by atoms with van der Waals surface area (Å²) in [5.74, 6) is -0.868. The average molecular weight is 315 g/mol. The second-order valence-corrected chi connectivity index (χ2v) is 5.64. The van der Waals surface area contributed by atoms with Crippen molar-refractivity contribution in [3.05, 3.63) is 65.0 Å². The van der Waals surface area contributed by atoms with Crippen molar-refractivity contribution in [3.63, 3.8) is 0 Å². The molecule has 0 atom stereocenters. The summed E-state index contributed by atoms with van der Waals surface area (Å²) in [5, 5.41) is 0. The van der Waals surface area contributed by atoms with Crippen molar-refractivity contribution < 1.29 is 8.78 Å². The van der Waals surface area contributed by atoms with Gasteiger partial charge in [0.2, 0.25) is 0 Å². The van der Waals surface area contributed by atoms with Gasteiger partial charge in [-0.1, -0.05) is 31.2 Å². The molecule has 0 aliphatic carbocycles. The molecule has 0 aliphatic heterocycles. The van der Waals surface area contributed by atoms with Crippen LogP contribution in [0.15, 0.2) is 36.4 Å². The van der Waals surface area contributed by atoms with E-state index in [1.54, 1.807) is 0 Å². The van der Waals surface area contributed by atoms with Crippen molar-refractivity contribution in [2.45, 2.75) is 32.9 Å². The van der Waals surface area contributed by atoms with E-state index in [2.05, 4.69) is 11.9 Å². The van der Waals surface area contributed by atoms with Gasteiger partial charge in [-0.2, -0.15) is 0 Å². The Hall–Kier alpha value is -2.27. The van der Waals surface area contributed by atoms with E-state index in [4.69, 9.17) is 5.73 Å². The number of aryl methyl sites for hydroxylation is 1. The number of aromatic nitrogens is 2. The van der Waals surface area contributed by atoms with E-state index >= 15 is 0 Å². The topological polar surface area (TPSA) is 43.8 Å². The molecule has 0 spiro atoms. The first kappa shape index (κ1) is 15.6. The molecule has 2 N–H and O–H groups in total. The minimum absolute atomic E-state index is 0.492. The molecule has 3 aromatic rings. The van der Waals surface area contributed by atoms with Gasteiger partial charge < -0.3 is 10.3 Å². The van der Waals surface area contributed by atoms with Gasteiger partial charge in [0, 0.05) is 31.6 Å². The summed E-state index contributed by atoms with van der Waals surface area (Å²) in [7, 11) is 0. The Kier molecular flexibility index (Phi) is 4.39. The molecular weight excluding hydrogens is 296 g/mol. The third-order valence-electron chi connectivity index (χ3n) is 3.94. The van der Waals surface area contributed by atoms with E-state index in [0.717, 1.165) is 35.9 Å². The van der Waals surface area contributed by atoms with Crippen molar-refractivity contribution in [2.75, 3.05) is 0 Å². The third-order valence-corrected chi connectivity index (χ3v) is 3.94. The number of hydrogen-bond acceptors (Lipinski definition) is 2. The SMILES string of the molecule is CCCc1nc2cc(F)c(F)cc2n1Cc1ccc(CN)cc1. The summed E-state index contributed by atoms with van der Waals surface area (Å²) in [6, 6.07) is 10.4. The maximum Gasteiger partial charge on any atom is 0.161 e. The zero-order chi connectivity index (χ0) is 16.4. The summed E-state index contributed by atoms with van der Waals surface area (Å²) < 4.78 is 29.0. The molecule has 1 heterocycles. The molecule has 3 nitrogen and oxygen atoms in total. The monoisotopic (exact) mass is 315 g/mol. The molecule has 1 aromatic heterocycles. The van der Waals surface area contributed by atoms with E-state index in [1.807, 2.05) is 28.8 Å². The van der Waals surface area contributed by atoms with Crippen LogP contribution in [0, 0.1) is 11.6 Å². The van der Waals surface area contributed by atoms with Crippen LogP contribution in [-0.2, 0) is 19.5 Å². The number of fused-ring (bicyclic) bond motifs is 1. The standard InChI is InChI=1S/C18H19F2N3/c1-2-3-18-22-16-8-14(19)15(20)9-17(16)23(18)11-13-6-4-12(10-21)5-7-13/h4-9H,2-3,10-11,21H2,1H3. The number of nitrogens with zero attached hydrogens (tertiary/aromatic N) is 2. The lowest BCUT2D eigenvalue weighted by atomic mass is 10.1. The minimum atomic E-state index is -0.863. The van der Waals surface area contributed by atoms with E-state index in [-0.39, 0.29) is 0 Å². The van der Waals surface area contributed by atoms with Crippen LogP contribution in [0.5, 0.6) is 0 Å². The van der Waals surface area contributed by atoms with E-state index in [0.29, 0.717) is 24.1 Å². The summed E-state index contributed by atoms with van der Waals surface area (Å²) in [5.41, 5.74) is 8.86. The van der Waals surface area contributed by atoms with Gasteiger partial charge >= 0.3 is 0 Å². The fraction of sp³-hybridized carbons (Fsp3) is 0.278. The summed E-state index contributed by atoms with van der Waals surface area (Å²) in [6.45, 7) is 3.13. The number of rotatable bonds is 5. The molecule has 0 bridgehead atoms. The molecule has 0 aliphatic rings. The Labute approximate surface area is 133 Å². The number of benzene rings is 2. The fourth-order valence-electron chi connectivity index (χ4n) is 2.72. The highest BCUT2D eigenvalue weighted by molar-refractivity contribution is 5.76. The molecule has 0 fully saturated rings. The van der Waals surface area contributed by atoms with Crippen LogP contribution in [0.25, 0.3) is 11.0 Å². The second kappa shape index (κ2) is 6.46. The first-order chi connectivity index (χ1) is 11.1. The van der Waals surface area contributed by atoms with Crippen LogP contribution in [0.2, 0.25) is 0 Å². The van der Waals surface area contributed by atoms with Crippen LogP contribution in [-0.4, -0.2) is 9.55 Å². The minimum Gasteiger partial charge on any atom is -0.326 e. The number of imidazole rings is 1. The lowest BCUT2D eigenvalue weighted by Gasteiger charge is -2.10. The highest BCUT2D eigenvalue weighted by atomic mass is 19.2.